The van der Waals surface area contributed by atoms with Gasteiger partial charge in [0, 0.05) is 18.0 Å². The van der Waals surface area contributed by atoms with Gasteiger partial charge in [0.2, 0.25) is 0 Å². The van der Waals surface area contributed by atoms with Crippen LogP contribution in [0.5, 0.6) is 0 Å². The molecular formula is C10H12F3N3. The number of aromatic nitrogens is 1. The van der Waals surface area contributed by atoms with Crippen molar-refractivity contribution in [1.82, 2.24) is 10.4 Å². The molecule has 0 radical (unpaired) electrons. The maximum Gasteiger partial charge on any atom is 0.416 e. The van der Waals surface area contributed by atoms with Crippen molar-refractivity contribution in [3.05, 3.63) is 42.2 Å². The van der Waals surface area contributed by atoms with Gasteiger partial charge in [0.05, 0.1) is 11.6 Å². The van der Waals surface area contributed by atoms with E-state index in [4.69, 9.17) is 5.84 Å². The lowest BCUT2D eigenvalue weighted by atomic mass is 10.0. The number of hydrazine groups is 1. The summed E-state index contributed by atoms with van der Waals surface area (Å²) in [6.07, 6.45) is -0.345. The Morgan fingerprint density at radius 2 is 2.25 bits per heavy atom. The van der Waals surface area contributed by atoms with Crippen molar-refractivity contribution in [2.45, 2.75) is 18.6 Å². The molecule has 1 rings (SSSR count). The van der Waals surface area contributed by atoms with Crippen LogP contribution in [-0.2, 0) is 6.18 Å². The smallest absolute Gasteiger partial charge is 0.271 e. The minimum Gasteiger partial charge on any atom is -0.271 e. The molecule has 3 nitrogen and oxygen atoms in total. The first-order valence-electron chi connectivity index (χ1n) is 4.58. The fraction of sp³-hybridized carbons (Fsp3) is 0.300. The third-order valence-electron chi connectivity index (χ3n) is 2.14. The molecule has 0 aliphatic carbocycles. The van der Waals surface area contributed by atoms with Crippen molar-refractivity contribution in [2.24, 2.45) is 5.84 Å². The van der Waals surface area contributed by atoms with Crippen LogP contribution in [0.3, 0.4) is 0 Å². The molecule has 0 spiro atoms. The SMILES string of the molecule is C=CCC(NN)c1cnccc1C(F)(F)F. The van der Waals surface area contributed by atoms with Crippen molar-refractivity contribution in [1.29, 1.82) is 0 Å². The van der Waals surface area contributed by atoms with Crippen LogP contribution in [-0.4, -0.2) is 4.98 Å². The number of pyridine rings is 1. The van der Waals surface area contributed by atoms with E-state index in [-0.39, 0.29) is 5.56 Å². The fourth-order valence-corrected chi connectivity index (χ4v) is 1.39. The van der Waals surface area contributed by atoms with Gasteiger partial charge in [0.1, 0.15) is 0 Å². The van der Waals surface area contributed by atoms with Gasteiger partial charge < -0.3 is 0 Å². The third kappa shape index (κ3) is 2.80. The quantitative estimate of drug-likeness (QED) is 0.474. The number of halogens is 3. The van der Waals surface area contributed by atoms with Crippen molar-refractivity contribution in [2.75, 3.05) is 0 Å². The number of nitrogens with one attached hydrogen (secondary N) is 1. The highest BCUT2D eigenvalue weighted by molar-refractivity contribution is 5.29. The summed E-state index contributed by atoms with van der Waals surface area (Å²) in [6.45, 7) is 3.47. The van der Waals surface area contributed by atoms with Crippen LogP contribution in [0.2, 0.25) is 0 Å². The zero-order valence-corrected chi connectivity index (χ0v) is 8.46. The van der Waals surface area contributed by atoms with Crippen molar-refractivity contribution in [3.63, 3.8) is 0 Å². The monoisotopic (exact) mass is 231 g/mol. The van der Waals surface area contributed by atoms with Crippen molar-refractivity contribution >= 4 is 0 Å². The summed E-state index contributed by atoms with van der Waals surface area (Å²) in [7, 11) is 0. The second-order valence-corrected chi connectivity index (χ2v) is 3.20. The van der Waals surface area contributed by atoms with Gasteiger partial charge in [-0.15, -0.1) is 6.58 Å². The molecule has 1 unspecified atom stereocenters. The minimum atomic E-state index is -4.41. The van der Waals surface area contributed by atoms with Gasteiger partial charge in [-0.3, -0.25) is 16.3 Å². The summed E-state index contributed by atoms with van der Waals surface area (Å²) < 4.78 is 38.0. The number of alkyl halides is 3. The molecular weight excluding hydrogens is 219 g/mol. The van der Waals surface area contributed by atoms with E-state index < -0.39 is 17.8 Å². The molecule has 88 valence electrons. The zero-order valence-electron chi connectivity index (χ0n) is 8.46. The van der Waals surface area contributed by atoms with Gasteiger partial charge >= 0.3 is 6.18 Å². The highest BCUT2D eigenvalue weighted by Gasteiger charge is 2.34. The van der Waals surface area contributed by atoms with Crippen LogP contribution in [0.15, 0.2) is 31.1 Å². The summed E-state index contributed by atoms with van der Waals surface area (Å²) in [6, 6.07) is 0.297. The summed E-state index contributed by atoms with van der Waals surface area (Å²) >= 11 is 0. The van der Waals surface area contributed by atoms with Crippen LogP contribution in [0.4, 0.5) is 13.2 Å². The maximum atomic E-state index is 12.7. The molecule has 0 saturated carbocycles. The Bertz CT molecular complexity index is 363. The number of nitrogens with zero attached hydrogens (tertiary/aromatic N) is 1. The molecule has 0 amide bonds. The van der Waals surface area contributed by atoms with E-state index in [2.05, 4.69) is 17.0 Å². The molecule has 16 heavy (non-hydrogen) atoms. The molecule has 0 aliphatic rings. The van der Waals surface area contributed by atoms with Crippen LogP contribution in [0.25, 0.3) is 0 Å². The summed E-state index contributed by atoms with van der Waals surface area (Å²) in [5.74, 6) is 5.21. The average molecular weight is 231 g/mol. The molecule has 0 bridgehead atoms. The first kappa shape index (κ1) is 12.7. The van der Waals surface area contributed by atoms with E-state index in [1.54, 1.807) is 0 Å². The molecule has 1 heterocycles. The highest BCUT2D eigenvalue weighted by Crippen LogP contribution is 2.34. The van der Waals surface area contributed by atoms with Gasteiger partial charge in [-0.1, -0.05) is 6.08 Å². The molecule has 1 aromatic rings. The molecule has 1 atom stereocenters. The second kappa shape index (κ2) is 5.09. The third-order valence-corrected chi connectivity index (χ3v) is 2.14. The minimum absolute atomic E-state index is 0.0254. The molecule has 0 fully saturated rings. The maximum absolute atomic E-state index is 12.7. The Labute approximate surface area is 91.1 Å². The topological polar surface area (TPSA) is 50.9 Å². The van der Waals surface area contributed by atoms with E-state index in [0.29, 0.717) is 6.42 Å². The fourth-order valence-electron chi connectivity index (χ4n) is 1.39. The van der Waals surface area contributed by atoms with E-state index >= 15 is 0 Å². The predicted molar refractivity (Wildman–Crippen MR) is 54.1 cm³/mol. The van der Waals surface area contributed by atoms with Crippen LogP contribution >= 0.6 is 0 Å². The van der Waals surface area contributed by atoms with Crippen LogP contribution < -0.4 is 11.3 Å². The predicted octanol–water partition coefficient (Wildman–Crippen LogP) is 2.18. The average Bonchev–Trinajstić information content (AvgIpc) is 2.25. The van der Waals surface area contributed by atoms with Crippen molar-refractivity contribution in [3.8, 4) is 0 Å². The largest absolute Gasteiger partial charge is 0.416 e. The Morgan fingerprint density at radius 1 is 1.56 bits per heavy atom. The van der Waals surface area contributed by atoms with E-state index in [1.807, 2.05) is 0 Å². The van der Waals surface area contributed by atoms with Gasteiger partial charge in [-0.2, -0.15) is 13.2 Å². The number of nitrogens with two attached hydrogens (primary N) is 1. The molecule has 1 aromatic heterocycles. The Hall–Kier alpha value is -1.40. The summed E-state index contributed by atoms with van der Waals surface area (Å²) in [5, 5.41) is 0. The van der Waals surface area contributed by atoms with Gasteiger partial charge in [-0.05, 0) is 12.5 Å². The van der Waals surface area contributed by atoms with Crippen LogP contribution in [0.1, 0.15) is 23.6 Å². The van der Waals surface area contributed by atoms with Gasteiger partial charge in [0.15, 0.2) is 0 Å². The molecule has 0 saturated heterocycles. The van der Waals surface area contributed by atoms with Gasteiger partial charge in [0.25, 0.3) is 0 Å². The molecule has 3 N–H and O–H groups in total. The number of hydrogen-bond donors (Lipinski definition) is 2. The summed E-state index contributed by atoms with van der Waals surface area (Å²) in [5.41, 5.74) is 1.62. The molecule has 0 aliphatic heterocycles. The first-order chi connectivity index (χ1) is 7.50. The second-order valence-electron chi connectivity index (χ2n) is 3.20. The lowest BCUT2D eigenvalue weighted by Crippen LogP contribution is -2.29. The van der Waals surface area contributed by atoms with Crippen LogP contribution in [0, 0.1) is 0 Å². The van der Waals surface area contributed by atoms with Crippen molar-refractivity contribution < 1.29 is 13.2 Å². The van der Waals surface area contributed by atoms with E-state index in [9.17, 15) is 13.2 Å². The Balaban J connectivity index is 3.16. The Kier molecular flexibility index (Phi) is 4.03. The lowest BCUT2D eigenvalue weighted by Gasteiger charge is -2.19. The number of hydrogen-bond acceptors (Lipinski definition) is 3. The highest BCUT2D eigenvalue weighted by atomic mass is 19.4. The summed E-state index contributed by atoms with van der Waals surface area (Å²) in [4.78, 5) is 3.68. The lowest BCUT2D eigenvalue weighted by molar-refractivity contribution is -0.138. The number of rotatable bonds is 4. The molecule has 6 heteroatoms. The standard InChI is InChI=1S/C10H12F3N3/c1-2-3-9(16-14)7-6-15-5-4-8(7)10(11,12)13/h2,4-6,9,16H,1,3,14H2. The van der Waals surface area contributed by atoms with E-state index in [1.165, 1.54) is 6.08 Å². The Morgan fingerprint density at radius 3 is 2.75 bits per heavy atom. The normalized spacial score (nSPS) is 13.5. The van der Waals surface area contributed by atoms with E-state index in [0.717, 1.165) is 18.5 Å². The van der Waals surface area contributed by atoms with Gasteiger partial charge in [-0.25, -0.2) is 0 Å². The molecule has 0 aromatic carbocycles. The first-order valence-corrected chi connectivity index (χ1v) is 4.58. The zero-order chi connectivity index (χ0) is 12.2.